The van der Waals surface area contributed by atoms with E-state index < -0.39 is 11.4 Å². The number of aliphatic carboxylic acids is 1. The Morgan fingerprint density at radius 2 is 1.97 bits per heavy atom. The lowest BCUT2D eigenvalue weighted by Gasteiger charge is -2.35. The number of ether oxygens (including phenoxy) is 2. The molecule has 2 aromatic rings. The van der Waals surface area contributed by atoms with Gasteiger partial charge in [-0.25, -0.2) is 14.5 Å². The summed E-state index contributed by atoms with van der Waals surface area (Å²) in [5, 5.41) is 18.1. The second-order valence-electron chi connectivity index (χ2n) is 10.8. The lowest BCUT2D eigenvalue weighted by molar-refractivity contribution is -0.151. The molecule has 194 valence electrons. The smallest absolute Gasteiger partial charge is 0.410 e. The van der Waals surface area contributed by atoms with E-state index in [1.807, 2.05) is 12.1 Å². The molecule has 0 radical (unpaired) electrons. The van der Waals surface area contributed by atoms with E-state index in [1.165, 1.54) is 0 Å². The van der Waals surface area contributed by atoms with Gasteiger partial charge in [-0.2, -0.15) is 0 Å². The summed E-state index contributed by atoms with van der Waals surface area (Å²) in [6.07, 6.45) is 7.60. The molecule has 3 aliphatic carbocycles. The van der Waals surface area contributed by atoms with Crippen LogP contribution in [-0.4, -0.2) is 61.2 Å². The second-order valence-corrected chi connectivity index (χ2v) is 10.8. The second kappa shape index (κ2) is 9.71. The molecule has 3 fully saturated rings. The van der Waals surface area contributed by atoms with Crippen LogP contribution in [0.4, 0.5) is 4.79 Å². The first-order valence-electron chi connectivity index (χ1n) is 12.9. The fourth-order valence-corrected chi connectivity index (χ4v) is 5.14. The molecule has 0 spiro atoms. The fraction of sp³-hybridized carbons (Fsp3) is 0.654. The van der Waals surface area contributed by atoms with Crippen molar-refractivity contribution in [3.8, 4) is 17.1 Å². The number of pyridine rings is 1. The highest BCUT2D eigenvalue weighted by atomic mass is 16.6. The largest absolute Gasteiger partial charge is 0.488 e. The van der Waals surface area contributed by atoms with Crippen LogP contribution in [0.5, 0.6) is 5.75 Å². The number of carboxylic acid groups (broad SMARTS) is 1. The number of nitrogens with zero attached hydrogens (tertiary/aromatic N) is 5. The Balaban J connectivity index is 1.33. The third kappa shape index (κ3) is 4.90. The number of amides is 1. The Labute approximate surface area is 211 Å². The molecule has 10 nitrogen and oxygen atoms in total. The molecule has 1 amide bonds. The van der Waals surface area contributed by atoms with Gasteiger partial charge < -0.3 is 19.5 Å². The molecule has 3 saturated carbocycles. The number of carbonyl (C=O) groups is 2. The third-order valence-electron chi connectivity index (χ3n) is 8.02. The van der Waals surface area contributed by atoms with Crippen molar-refractivity contribution in [3.63, 3.8) is 0 Å². The summed E-state index contributed by atoms with van der Waals surface area (Å²) >= 11 is 0. The van der Waals surface area contributed by atoms with Gasteiger partial charge in [0.1, 0.15) is 23.7 Å². The number of hydrogen-bond acceptors (Lipinski definition) is 7. The number of aryl methyl sites for hydroxylation is 1. The summed E-state index contributed by atoms with van der Waals surface area (Å²) in [5.41, 5.74) is 2.05. The predicted molar refractivity (Wildman–Crippen MR) is 130 cm³/mol. The minimum absolute atomic E-state index is 0.0588. The number of hydrogen-bond donors (Lipinski definition) is 1. The van der Waals surface area contributed by atoms with E-state index in [9.17, 15) is 14.7 Å². The zero-order valence-electron chi connectivity index (χ0n) is 21.3. The molecule has 0 saturated heterocycles. The number of carboxylic acids is 1. The molecule has 1 N–H and O–H groups in total. The SMILES string of the molecule is CN(C(=O)OCc1c(-c2ccc(O[C@H]3CCC[C@](C)(C(=O)O)C3)c(C3CC3)n2)nnn1C)C1CCC1. The van der Waals surface area contributed by atoms with Gasteiger partial charge in [0.05, 0.1) is 22.9 Å². The maximum Gasteiger partial charge on any atom is 0.410 e. The van der Waals surface area contributed by atoms with Crippen molar-refractivity contribution in [3.05, 3.63) is 23.5 Å². The Morgan fingerprint density at radius 1 is 1.19 bits per heavy atom. The maximum atomic E-state index is 12.5. The summed E-state index contributed by atoms with van der Waals surface area (Å²) in [6, 6.07) is 4.03. The van der Waals surface area contributed by atoms with Gasteiger partial charge in [-0.15, -0.1) is 5.10 Å². The maximum absolute atomic E-state index is 12.5. The molecular formula is C26H35N5O5. The Kier molecular flexibility index (Phi) is 6.61. The van der Waals surface area contributed by atoms with Crippen LogP contribution in [0.2, 0.25) is 0 Å². The molecule has 36 heavy (non-hydrogen) atoms. The van der Waals surface area contributed by atoms with Crippen LogP contribution in [0.15, 0.2) is 12.1 Å². The standard InChI is InChI=1S/C26H35N5O5/c1-26(24(32)33)13-5-8-18(14-26)36-21-12-11-19(27-22(21)16-9-10-16)23-20(31(3)29-28-23)15-35-25(34)30(2)17-6-4-7-17/h11-12,16-18H,4-10,13-15H2,1-3H3,(H,32,33)/t18-,26-/m0/s1. The Hall–Kier alpha value is -3.17. The molecule has 2 aromatic heterocycles. The van der Waals surface area contributed by atoms with E-state index in [-0.39, 0.29) is 24.8 Å². The summed E-state index contributed by atoms with van der Waals surface area (Å²) in [5.74, 6) is 0.282. The third-order valence-corrected chi connectivity index (χ3v) is 8.02. The first-order valence-corrected chi connectivity index (χ1v) is 12.9. The minimum atomic E-state index is -0.763. The fourth-order valence-electron chi connectivity index (χ4n) is 5.14. The first-order chi connectivity index (χ1) is 17.2. The van der Waals surface area contributed by atoms with E-state index in [0.29, 0.717) is 35.8 Å². The van der Waals surface area contributed by atoms with E-state index in [0.717, 1.165) is 56.4 Å². The monoisotopic (exact) mass is 497 g/mol. The zero-order valence-corrected chi connectivity index (χ0v) is 21.3. The highest BCUT2D eigenvalue weighted by molar-refractivity contribution is 5.74. The number of carbonyl (C=O) groups excluding carboxylic acids is 1. The number of aromatic nitrogens is 4. The van der Waals surface area contributed by atoms with Gasteiger partial charge in [-0.3, -0.25) is 4.79 Å². The lowest BCUT2D eigenvalue weighted by atomic mass is 9.74. The van der Waals surface area contributed by atoms with Gasteiger partial charge in [0.15, 0.2) is 0 Å². The summed E-state index contributed by atoms with van der Waals surface area (Å²) < 4.78 is 13.6. The van der Waals surface area contributed by atoms with Gasteiger partial charge >= 0.3 is 12.1 Å². The van der Waals surface area contributed by atoms with Gasteiger partial charge in [0.2, 0.25) is 0 Å². The van der Waals surface area contributed by atoms with E-state index in [1.54, 1.807) is 30.6 Å². The van der Waals surface area contributed by atoms with Crippen LogP contribution in [0.3, 0.4) is 0 Å². The van der Waals surface area contributed by atoms with Gasteiger partial charge in [0.25, 0.3) is 0 Å². The van der Waals surface area contributed by atoms with Crippen molar-refractivity contribution in [2.75, 3.05) is 7.05 Å². The lowest BCUT2D eigenvalue weighted by Crippen LogP contribution is -2.41. The van der Waals surface area contributed by atoms with Crippen molar-refractivity contribution >= 4 is 12.1 Å². The van der Waals surface area contributed by atoms with Gasteiger partial charge in [-0.05, 0) is 70.4 Å². The molecule has 5 rings (SSSR count). The summed E-state index contributed by atoms with van der Waals surface area (Å²) in [4.78, 5) is 30.8. The van der Waals surface area contributed by atoms with Crippen molar-refractivity contribution in [1.29, 1.82) is 0 Å². The minimum Gasteiger partial charge on any atom is -0.488 e. The normalized spacial score (nSPS) is 24.1. The van der Waals surface area contributed by atoms with E-state index in [4.69, 9.17) is 14.5 Å². The Morgan fingerprint density at radius 3 is 2.64 bits per heavy atom. The molecule has 0 aromatic carbocycles. The highest BCUT2D eigenvalue weighted by Crippen LogP contribution is 2.45. The van der Waals surface area contributed by atoms with Crippen LogP contribution in [-0.2, 0) is 23.2 Å². The average molecular weight is 498 g/mol. The topological polar surface area (TPSA) is 120 Å². The van der Waals surface area contributed by atoms with Crippen molar-refractivity contribution < 1.29 is 24.2 Å². The Bertz CT molecular complexity index is 1140. The summed E-state index contributed by atoms with van der Waals surface area (Å²) in [7, 11) is 3.55. The van der Waals surface area contributed by atoms with Gasteiger partial charge in [-0.1, -0.05) is 5.21 Å². The van der Waals surface area contributed by atoms with E-state index >= 15 is 0 Å². The molecule has 10 heteroatoms. The van der Waals surface area contributed by atoms with E-state index in [2.05, 4.69) is 10.3 Å². The van der Waals surface area contributed by atoms with Gasteiger partial charge in [0, 0.05) is 32.5 Å². The van der Waals surface area contributed by atoms with Crippen LogP contribution >= 0.6 is 0 Å². The number of rotatable bonds is 8. The molecule has 2 atom stereocenters. The van der Waals surface area contributed by atoms with Crippen LogP contribution in [0.1, 0.15) is 82.0 Å². The molecule has 2 heterocycles. The molecule has 0 unspecified atom stereocenters. The average Bonchev–Trinajstić information content (AvgIpc) is 3.59. The molecular weight excluding hydrogens is 462 g/mol. The van der Waals surface area contributed by atoms with Crippen molar-refractivity contribution in [2.24, 2.45) is 12.5 Å². The molecule has 0 aliphatic heterocycles. The highest BCUT2D eigenvalue weighted by Gasteiger charge is 2.40. The quantitative estimate of drug-likeness (QED) is 0.574. The van der Waals surface area contributed by atoms with Crippen LogP contribution in [0, 0.1) is 5.41 Å². The molecule has 3 aliphatic rings. The molecule has 0 bridgehead atoms. The predicted octanol–water partition coefficient (Wildman–Crippen LogP) is 4.29. The van der Waals surface area contributed by atoms with Crippen LogP contribution < -0.4 is 4.74 Å². The van der Waals surface area contributed by atoms with Crippen LogP contribution in [0.25, 0.3) is 11.4 Å². The zero-order chi connectivity index (χ0) is 25.4. The summed E-state index contributed by atoms with van der Waals surface area (Å²) in [6.45, 7) is 1.86. The van der Waals surface area contributed by atoms with Crippen molar-refractivity contribution in [1.82, 2.24) is 24.9 Å². The van der Waals surface area contributed by atoms with Crippen molar-refractivity contribution in [2.45, 2.75) is 89.4 Å². The first kappa shape index (κ1) is 24.5.